The molecular weight excluding hydrogens is 352 g/mol. The number of carbonyl (C=O) groups is 2. The van der Waals surface area contributed by atoms with Gasteiger partial charge in [0.1, 0.15) is 0 Å². The monoisotopic (exact) mass is 380 g/mol. The zero-order valence-electron chi connectivity index (χ0n) is 16.8. The van der Waals surface area contributed by atoms with Crippen molar-refractivity contribution in [2.45, 2.75) is 39.8 Å². The van der Waals surface area contributed by atoms with E-state index < -0.39 is 0 Å². The molecule has 0 unspecified atom stereocenters. The number of hydrogen-bond donors (Lipinski definition) is 0. The molecule has 4 rings (SSSR count). The molecular formula is C22H28N4O2. The van der Waals surface area contributed by atoms with E-state index in [0.717, 1.165) is 31.0 Å². The SMILES string of the molecule is CC(=O)N1C[C@H]2CN(C(=O)CCn3nc(C)cc3C)C[C@H]2[C@H]1c1ccccc1. The lowest BCUT2D eigenvalue weighted by atomic mass is 9.89. The zero-order valence-corrected chi connectivity index (χ0v) is 16.8. The maximum atomic E-state index is 12.8. The van der Waals surface area contributed by atoms with Crippen LogP contribution in [0.3, 0.4) is 0 Å². The summed E-state index contributed by atoms with van der Waals surface area (Å²) in [6, 6.07) is 12.3. The lowest BCUT2D eigenvalue weighted by Crippen LogP contribution is -2.36. The van der Waals surface area contributed by atoms with Gasteiger partial charge in [-0.2, -0.15) is 5.10 Å². The van der Waals surface area contributed by atoms with E-state index in [0.29, 0.717) is 24.8 Å². The van der Waals surface area contributed by atoms with Gasteiger partial charge in [-0.15, -0.1) is 0 Å². The van der Waals surface area contributed by atoms with E-state index in [-0.39, 0.29) is 17.9 Å². The molecule has 2 aliphatic rings. The molecule has 148 valence electrons. The minimum Gasteiger partial charge on any atom is -0.342 e. The Morgan fingerprint density at radius 2 is 1.86 bits per heavy atom. The van der Waals surface area contributed by atoms with Crippen LogP contribution in [-0.4, -0.2) is 51.0 Å². The van der Waals surface area contributed by atoms with Crippen LogP contribution in [0.4, 0.5) is 0 Å². The Morgan fingerprint density at radius 1 is 1.11 bits per heavy atom. The molecule has 0 N–H and O–H groups in total. The average molecular weight is 380 g/mol. The Kier molecular flexibility index (Phi) is 4.96. The predicted octanol–water partition coefficient (Wildman–Crippen LogP) is 2.57. The van der Waals surface area contributed by atoms with Gasteiger partial charge in [0, 0.05) is 57.1 Å². The highest BCUT2D eigenvalue weighted by molar-refractivity contribution is 5.77. The molecule has 3 atom stereocenters. The highest BCUT2D eigenvalue weighted by Gasteiger charge is 2.49. The van der Waals surface area contributed by atoms with Gasteiger partial charge in [-0.25, -0.2) is 0 Å². The number of fused-ring (bicyclic) bond motifs is 1. The van der Waals surface area contributed by atoms with Crippen LogP contribution in [0.1, 0.15) is 36.3 Å². The minimum atomic E-state index is 0.0671. The van der Waals surface area contributed by atoms with Crippen molar-refractivity contribution < 1.29 is 9.59 Å². The van der Waals surface area contributed by atoms with Crippen molar-refractivity contribution in [2.24, 2.45) is 11.8 Å². The molecule has 0 aliphatic carbocycles. The number of aromatic nitrogens is 2. The molecule has 2 aliphatic heterocycles. The van der Waals surface area contributed by atoms with Crippen LogP contribution in [-0.2, 0) is 16.1 Å². The van der Waals surface area contributed by atoms with Crippen LogP contribution in [0, 0.1) is 25.7 Å². The molecule has 1 aromatic heterocycles. The lowest BCUT2D eigenvalue weighted by Gasteiger charge is -2.29. The zero-order chi connectivity index (χ0) is 19.8. The third-order valence-corrected chi connectivity index (χ3v) is 6.20. The second-order valence-electron chi connectivity index (χ2n) is 8.15. The summed E-state index contributed by atoms with van der Waals surface area (Å²) in [5.41, 5.74) is 3.24. The first kappa shape index (κ1) is 18.7. The summed E-state index contributed by atoms with van der Waals surface area (Å²) in [4.78, 5) is 29.0. The van der Waals surface area contributed by atoms with Gasteiger partial charge in [-0.05, 0) is 25.5 Å². The van der Waals surface area contributed by atoms with Crippen molar-refractivity contribution in [2.75, 3.05) is 19.6 Å². The summed E-state index contributed by atoms with van der Waals surface area (Å²) in [5, 5.41) is 4.45. The van der Waals surface area contributed by atoms with Crippen LogP contribution in [0.2, 0.25) is 0 Å². The Bertz CT molecular complexity index is 876. The average Bonchev–Trinajstić information content (AvgIpc) is 3.32. The normalized spacial score (nSPS) is 23.9. The van der Waals surface area contributed by atoms with Gasteiger partial charge in [0.05, 0.1) is 11.7 Å². The standard InChI is InChI=1S/C22H28N4O2/c1-15-11-16(2)26(23-15)10-9-21(28)24-12-19-13-25(17(3)27)22(20(19)14-24)18-7-5-4-6-8-18/h4-8,11,19-20,22H,9-10,12-14H2,1-3H3/t19-,20-,22-/m1/s1. The second-order valence-corrected chi connectivity index (χ2v) is 8.15. The lowest BCUT2D eigenvalue weighted by molar-refractivity contribution is -0.132. The summed E-state index contributed by atoms with van der Waals surface area (Å²) in [5.74, 6) is 0.962. The van der Waals surface area contributed by atoms with E-state index in [9.17, 15) is 9.59 Å². The first-order valence-electron chi connectivity index (χ1n) is 10.0. The van der Waals surface area contributed by atoms with E-state index in [4.69, 9.17) is 0 Å². The van der Waals surface area contributed by atoms with E-state index in [1.807, 2.05) is 52.6 Å². The van der Waals surface area contributed by atoms with Crippen molar-refractivity contribution in [3.05, 3.63) is 53.3 Å². The Hall–Kier alpha value is -2.63. The number of carbonyl (C=O) groups excluding carboxylic acids is 2. The molecule has 0 spiro atoms. The Labute approximate surface area is 166 Å². The number of amides is 2. The van der Waals surface area contributed by atoms with Gasteiger partial charge in [-0.3, -0.25) is 14.3 Å². The van der Waals surface area contributed by atoms with Crippen LogP contribution in [0.5, 0.6) is 0 Å². The van der Waals surface area contributed by atoms with Gasteiger partial charge in [0.15, 0.2) is 0 Å². The number of aryl methyl sites for hydroxylation is 3. The van der Waals surface area contributed by atoms with Gasteiger partial charge < -0.3 is 9.80 Å². The maximum absolute atomic E-state index is 12.8. The Morgan fingerprint density at radius 3 is 2.50 bits per heavy atom. The van der Waals surface area contributed by atoms with Crippen LogP contribution in [0.25, 0.3) is 0 Å². The smallest absolute Gasteiger partial charge is 0.224 e. The third-order valence-electron chi connectivity index (χ3n) is 6.20. The fraction of sp³-hybridized carbons (Fsp3) is 0.500. The highest BCUT2D eigenvalue weighted by atomic mass is 16.2. The maximum Gasteiger partial charge on any atom is 0.224 e. The number of nitrogens with zero attached hydrogens (tertiary/aromatic N) is 4. The van der Waals surface area contributed by atoms with Crippen molar-refractivity contribution in [1.29, 1.82) is 0 Å². The van der Waals surface area contributed by atoms with Gasteiger partial charge >= 0.3 is 0 Å². The first-order valence-corrected chi connectivity index (χ1v) is 10.0. The van der Waals surface area contributed by atoms with Crippen LogP contribution >= 0.6 is 0 Å². The summed E-state index contributed by atoms with van der Waals surface area (Å²) in [6.45, 7) is 8.46. The van der Waals surface area contributed by atoms with E-state index in [2.05, 4.69) is 17.2 Å². The molecule has 0 saturated carbocycles. The number of rotatable bonds is 4. The van der Waals surface area contributed by atoms with E-state index in [1.165, 1.54) is 5.56 Å². The highest BCUT2D eigenvalue weighted by Crippen LogP contribution is 2.45. The molecule has 6 nitrogen and oxygen atoms in total. The van der Waals surface area contributed by atoms with Crippen molar-refractivity contribution in [3.8, 4) is 0 Å². The molecule has 3 heterocycles. The molecule has 2 saturated heterocycles. The predicted molar refractivity (Wildman–Crippen MR) is 106 cm³/mol. The van der Waals surface area contributed by atoms with Crippen molar-refractivity contribution >= 4 is 11.8 Å². The first-order chi connectivity index (χ1) is 13.4. The fourth-order valence-corrected chi connectivity index (χ4v) is 4.91. The quantitative estimate of drug-likeness (QED) is 0.819. The van der Waals surface area contributed by atoms with Gasteiger partial charge in [0.25, 0.3) is 0 Å². The second kappa shape index (κ2) is 7.41. The summed E-state index contributed by atoms with van der Waals surface area (Å²) < 4.78 is 1.91. The fourth-order valence-electron chi connectivity index (χ4n) is 4.91. The topological polar surface area (TPSA) is 58.4 Å². The number of hydrogen-bond acceptors (Lipinski definition) is 3. The Balaban J connectivity index is 1.44. The number of likely N-dealkylation sites (tertiary alicyclic amines) is 2. The molecule has 0 bridgehead atoms. The molecule has 0 radical (unpaired) electrons. The molecule has 28 heavy (non-hydrogen) atoms. The summed E-state index contributed by atoms with van der Waals surface area (Å²) in [6.07, 6.45) is 0.466. The molecule has 6 heteroatoms. The van der Waals surface area contributed by atoms with Gasteiger partial charge in [0.2, 0.25) is 11.8 Å². The third kappa shape index (κ3) is 3.43. The van der Waals surface area contributed by atoms with Crippen LogP contribution in [0.15, 0.2) is 36.4 Å². The van der Waals surface area contributed by atoms with Crippen molar-refractivity contribution in [1.82, 2.24) is 19.6 Å². The molecule has 1 aromatic carbocycles. The molecule has 2 fully saturated rings. The van der Waals surface area contributed by atoms with Crippen LogP contribution < -0.4 is 0 Å². The minimum absolute atomic E-state index is 0.0671. The van der Waals surface area contributed by atoms with E-state index in [1.54, 1.807) is 6.92 Å². The summed E-state index contributed by atoms with van der Waals surface area (Å²) >= 11 is 0. The van der Waals surface area contributed by atoms with E-state index >= 15 is 0 Å². The molecule has 2 aromatic rings. The molecule has 2 amide bonds. The number of benzene rings is 1. The largest absolute Gasteiger partial charge is 0.342 e. The van der Waals surface area contributed by atoms with Crippen molar-refractivity contribution in [3.63, 3.8) is 0 Å². The summed E-state index contributed by atoms with van der Waals surface area (Å²) in [7, 11) is 0. The van der Waals surface area contributed by atoms with Gasteiger partial charge in [-0.1, -0.05) is 30.3 Å².